The van der Waals surface area contributed by atoms with Crippen LogP contribution in [0.5, 0.6) is 0 Å². The van der Waals surface area contributed by atoms with Crippen LogP contribution in [-0.2, 0) is 14.0 Å². The predicted octanol–water partition coefficient (Wildman–Crippen LogP) is 2.52. The molecule has 0 aromatic heterocycles. The molecule has 0 fully saturated rings. The molecule has 0 aliphatic heterocycles. The lowest BCUT2D eigenvalue weighted by atomic mass is 9.82. The average molecular weight is 287 g/mol. The van der Waals surface area contributed by atoms with Crippen LogP contribution in [0.25, 0.3) is 0 Å². The number of hydrogen-bond donors (Lipinski definition) is 1. The van der Waals surface area contributed by atoms with Gasteiger partial charge in [0.1, 0.15) is 0 Å². The van der Waals surface area contributed by atoms with Crippen molar-refractivity contribution in [3.63, 3.8) is 0 Å². The van der Waals surface area contributed by atoms with Gasteiger partial charge in [0.2, 0.25) is 0 Å². The average Bonchev–Trinajstić information content (AvgIpc) is 2.27. The summed E-state index contributed by atoms with van der Waals surface area (Å²) in [7, 11) is 0. The molecule has 5 heteroatoms. The van der Waals surface area contributed by atoms with Crippen LogP contribution in [0.2, 0.25) is 0 Å². The first-order valence-corrected chi connectivity index (χ1v) is 5.22. The molecule has 0 spiro atoms. The molecule has 86 valence electrons. The minimum atomic E-state index is -1.14. The maximum absolute atomic E-state index is 11.4. The summed E-state index contributed by atoms with van der Waals surface area (Å²) in [5.74, 6) is -1.60. The second-order valence-electron chi connectivity index (χ2n) is 3.84. The van der Waals surface area contributed by atoms with Crippen LogP contribution in [0.3, 0.4) is 0 Å². The molecular weight excluding hydrogens is 276 g/mol. The van der Waals surface area contributed by atoms with Crippen LogP contribution in [0, 0.1) is 0 Å². The quantitative estimate of drug-likeness (QED) is 0.927. The maximum atomic E-state index is 11.4. The summed E-state index contributed by atoms with van der Waals surface area (Å²) in [5.41, 5.74) is -0.476. The minimum absolute atomic E-state index is 0.242. The van der Waals surface area contributed by atoms with E-state index in [4.69, 9.17) is 5.11 Å². The monoisotopic (exact) mass is 286 g/mol. The molecule has 0 heterocycles. The molecule has 0 amide bonds. The molecule has 0 radical (unpaired) electrons. The van der Waals surface area contributed by atoms with Gasteiger partial charge in [0.15, 0.2) is 16.3 Å². The zero-order valence-corrected chi connectivity index (χ0v) is 10.4. The third kappa shape index (κ3) is 2.24. The molecule has 1 aromatic rings. The van der Waals surface area contributed by atoms with E-state index >= 15 is 0 Å². The smallest absolute Gasteiger partial charge is 0.349 e. The lowest BCUT2D eigenvalue weighted by molar-refractivity contribution is -0.142. The molecule has 0 bridgehead atoms. The van der Waals surface area contributed by atoms with Crippen LogP contribution >= 0.6 is 16.3 Å². The molecule has 1 aromatic carbocycles. The number of carboxylic acid groups (broad SMARTS) is 1. The molecule has 0 aliphatic rings. The number of carboxylic acids is 1. The van der Waals surface area contributed by atoms with Gasteiger partial charge < -0.3 is 8.93 Å². The van der Waals surface area contributed by atoms with Gasteiger partial charge in [-0.2, -0.15) is 0 Å². The fraction of sp³-hybridized carbons (Fsp3) is 0.273. The van der Waals surface area contributed by atoms with Crippen molar-refractivity contribution in [3.8, 4) is 0 Å². The number of benzene rings is 1. The summed E-state index contributed by atoms with van der Waals surface area (Å²) in [6.45, 7) is 3.07. The summed E-state index contributed by atoms with van der Waals surface area (Å²) in [6, 6.07) is 6.47. The number of carbonyl (C=O) groups excluding carboxylic acids is 1. The molecular formula is C11H11BrO4. The van der Waals surface area contributed by atoms with E-state index in [2.05, 4.69) is 20.1 Å². The van der Waals surface area contributed by atoms with Crippen molar-refractivity contribution < 1.29 is 18.5 Å². The van der Waals surface area contributed by atoms with Gasteiger partial charge in [-0.3, -0.25) is 4.79 Å². The van der Waals surface area contributed by atoms with Crippen LogP contribution < -0.4 is 0 Å². The van der Waals surface area contributed by atoms with Crippen LogP contribution in [0.15, 0.2) is 24.3 Å². The summed E-state index contributed by atoms with van der Waals surface area (Å²) < 4.78 is 4.43. The summed E-state index contributed by atoms with van der Waals surface area (Å²) in [5, 5.41) is 9.11. The molecule has 16 heavy (non-hydrogen) atoms. The standard InChI is InChI=1S/C11H11BrO4/c1-11(2,10(14)15)8-6-4-3-5-7(8)9(13)16-12/h3-6H,1-2H3,(H,14,15). The molecule has 1 N–H and O–H groups in total. The van der Waals surface area contributed by atoms with E-state index in [-0.39, 0.29) is 5.56 Å². The van der Waals surface area contributed by atoms with Gasteiger partial charge in [0.25, 0.3) is 0 Å². The van der Waals surface area contributed by atoms with Gasteiger partial charge in [0.05, 0.1) is 11.0 Å². The van der Waals surface area contributed by atoms with Crippen LogP contribution in [-0.4, -0.2) is 17.0 Å². The molecule has 1 rings (SSSR count). The fourth-order valence-corrected chi connectivity index (χ4v) is 1.54. The van der Waals surface area contributed by atoms with Crippen molar-refractivity contribution in [1.82, 2.24) is 0 Å². The number of hydrogen-bond acceptors (Lipinski definition) is 3. The fourth-order valence-electron chi connectivity index (χ4n) is 1.36. The van der Waals surface area contributed by atoms with Crippen molar-refractivity contribution >= 4 is 28.2 Å². The summed E-state index contributed by atoms with van der Waals surface area (Å²) >= 11 is 2.59. The van der Waals surface area contributed by atoms with Gasteiger partial charge in [-0.25, -0.2) is 4.79 Å². The van der Waals surface area contributed by atoms with Gasteiger partial charge in [-0.05, 0) is 25.5 Å². The van der Waals surface area contributed by atoms with E-state index in [9.17, 15) is 9.59 Å². The van der Waals surface area contributed by atoms with E-state index in [0.29, 0.717) is 5.56 Å². The first-order chi connectivity index (χ1) is 7.41. The number of carbonyl (C=O) groups is 2. The van der Waals surface area contributed by atoms with Crippen molar-refractivity contribution in [2.45, 2.75) is 19.3 Å². The third-order valence-corrected chi connectivity index (χ3v) is 2.72. The van der Waals surface area contributed by atoms with Crippen molar-refractivity contribution in [1.29, 1.82) is 0 Å². The first-order valence-electron chi connectivity index (χ1n) is 4.57. The summed E-state index contributed by atoms with van der Waals surface area (Å²) in [6.07, 6.45) is 0. The number of rotatable bonds is 3. The molecule has 4 nitrogen and oxygen atoms in total. The van der Waals surface area contributed by atoms with Crippen LogP contribution in [0.1, 0.15) is 29.8 Å². The van der Waals surface area contributed by atoms with Gasteiger partial charge in [-0.15, -0.1) is 0 Å². The predicted molar refractivity (Wildman–Crippen MR) is 61.4 cm³/mol. The highest BCUT2D eigenvalue weighted by molar-refractivity contribution is 9.06. The normalized spacial score (nSPS) is 10.9. The van der Waals surface area contributed by atoms with Gasteiger partial charge in [-0.1, -0.05) is 18.2 Å². The zero-order chi connectivity index (χ0) is 12.3. The topological polar surface area (TPSA) is 63.6 Å². The van der Waals surface area contributed by atoms with Gasteiger partial charge >= 0.3 is 11.9 Å². The Morgan fingerprint density at radius 3 is 2.38 bits per heavy atom. The van der Waals surface area contributed by atoms with Crippen molar-refractivity contribution in [2.75, 3.05) is 0 Å². The Morgan fingerprint density at radius 1 is 1.31 bits per heavy atom. The van der Waals surface area contributed by atoms with E-state index in [1.54, 1.807) is 18.2 Å². The largest absolute Gasteiger partial charge is 0.481 e. The van der Waals surface area contributed by atoms with E-state index < -0.39 is 17.4 Å². The summed E-state index contributed by atoms with van der Waals surface area (Å²) in [4.78, 5) is 22.6. The molecule has 0 atom stereocenters. The highest BCUT2D eigenvalue weighted by Crippen LogP contribution is 2.27. The highest BCUT2D eigenvalue weighted by Gasteiger charge is 2.33. The number of aliphatic carboxylic acids is 1. The Balaban J connectivity index is 3.34. The van der Waals surface area contributed by atoms with E-state index in [0.717, 1.165) is 0 Å². The second-order valence-corrected chi connectivity index (χ2v) is 4.16. The molecule has 0 unspecified atom stereocenters. The van der Waals surface area contributed by atoms with Crippen molar-refractivity contribution in [3.05, 3.63) is 35.4 Å². The number of halogens is 1. The van der Waals surface area contributed by atoms with E-state index in [1.807, 2.05) is 0 Å². The molecule has 0 aliphatic carbocycles. The van der Waals surface area contributed by atoms with Crippen LogP contribution in [0.4, 0.5) is 0 Å². The Labute approximate surface area is 102 Å². The third-order valence-electron chi connectivity index (χ3n) is 2.43. The molecule has 0 saturated carbocycles. The lowest BCUT2D eigenvalue weighted by Crippen LogP contribution is -2.30. The molecule has 0 saturated heterocycles. The second kappa shape index (κ2) is 4.65. The van der Waals surface area contributed by atoms with E-state index in [1.165, 1.54) is 19.9 Å². The van der Waals surface area contributed by atoms with Crippen molar-refractivity contribution in [2.24, 2.45) is 0 Å². The lowest BCUT2D eigenvalue weighted by Gasteiger charge is -2.21. The Bertz CT molecular complexity index is 426. The Hall–Kier alpha value is -1.36. The Morgan fingerprint density at radius 2 is 1.88 bits per heavy atom. The first kappa shape index (κ1) is 12.7. The maximum Gasteiger partial charge on any atom is 0.349 e. The minimum Gasteiger partial charge on any atom is -0.481 e. The highest BCUT2D eigenvalue weighted by atomic mass is 79.9. The zero-order valence-electron chi connectivity index (χ0n) is 8.86. The SMILES string of the molecule is CC(C)(C(=O)O)c1ccccc1C(=O)OBr. The van der Waals surface area contributed by atoms with Gasteiger partial charge in [0, 0.05) is 0 Å². The Kier molecular flexibility index (Phi) is 3.70.